The molecule has 152 valence electrons. The van der Waals surface area contributed by atoms with Gasteiger partial charge in [-0.3, -0.25) is 19.8 Å². The molecular formula is C19H26N4O5. The van der Waals surface area contributed by atoms with Crippen LogP contribution < -0.4 is 20.7 Å². The molecule has 0 bridgehead atoms. The van der Waals surface area contributed by atoms with Crippen molar-refractivity contribution >= 4 is 23.9 Å². The fourth-order valence-electron chi connectivity index (χ4n) is 2.84. The average molecular weight is 390 g/mol. The maximum absolute atomic E-state index is 12.7. The van der Waals surface area contributed by atoms with E-state index in [4.69, 9.17) is 4.74 Å². The van der Waals surface area contributed by atoms with Gasteiger partial charge in [0.05, 0.1) is 7.11 Å². The van der Waals surface area contributed by atoms with E-state index in [1.54, 1.807) is 14.0 Å². The Bertz CT molecular complexity index is 749. The molecule has 9 heteroatoms. The predicted molar refractivity (Wildman–Crippen MR) is 102 cm³/mol. The molecule has 0 aromatic heterocycles. The molecule has 1 aliphatic rings. The number of nitrogens with one attached hydrogen (secondary N) is 3. The van der Waals surface area contributed by atoms with Gasteiger partial charge in [-0.25, -0.2) is 9.59 Å². The zero-order valence-corrected chi connectivity index (χ0v) is 16.3. The number of benzene rings is 1. The lowest BCUT2D eigenvalue weighted by molar-refractivity contribution is -0.134. The number of carbonyl (C=O) groups excluding carboxylic acids is 4. The lowest BCUT2D eigenvalue weighted by Gasteiger charge is -2.21. The molecule has 0 unspecified atom stereocenters. The van der Waals surface area contributed by atoms with Crippen LogP contribution in [0.2, 0.25) is 0 Å². The van der Waals surface area contributed by atoms with Crippen molar-refractivity contribution in [3.8, 4) is 5.75 Å². The van der Waals surface area contributed by atoms with Crippen molar-refractivity contribution in [3.05, 3.63) is 29.8 Å². The van der Waals surface area contributed by atoms with E-state index in [9.17, 15) is 19.2 Å². The Kier molecular flexibility index (Phi) is 6.97. The van der Waals surface area contributed by atoms with Crippen LogP contribution in [-0.4, -0.2) is 54.5 Å². The topological polar surface area (TPSA) is 117 Å². The van der Waals surface area contributed by atoms with Gasteiger partial charge < -0.3 is 15.4 Å². The summed E-state index contributed by atoms with van der Waals surface area (Å²) in [7, 11) is 1.58. The molecule has 0 saturated carbocycles. The summed E-state index contributed by atoms with van der Waals surface area (Å²) in [5, 5.41) is 7.24. The third kappa shape index (κ3) is 5.21. The minimum Gasteiger partial charge on any atom is -0.497 e. The Morgan fingerprint density at radius 3 is 2.50 bits per heavy atom. The predicted octanol–water partition coefficient (Wildman–Crippen LogP) is 1.17. The highest BCUT2D eigenvalue weighted by Gasteiger charge is 2.47. The van der Waals surface area contributed by atoms with E-state index in [-0.39, 0.29) is 0 Å². The van der Waals surface area contributed by atoms with Gasteiger partial charge in [0.15, 0.2) is 0 Å². The fourth-order valence-corrected chi connectivity index (χ4v) is 2.84. The summed E-state index contributed by atoms with van der Waals surface area (Å²) in [6.45, 7) is 3.42. The second kappa shape index (κ2) is 9.20. The zero-order valence-electron chi connectivity index (χ0n) is 16.3. The fraction of sp³-hybridized carbons (Fsp3) is 0.474. The zero-order chi connectivity index (χ0) is 20.7. The number of nitrogens with zero attached hydrogens (tertiary/aromatic N) is 1. The third-order valence-corrected chi connectivity index (χ3v) is 4.51. The third-order valence-electron chi connectivity index (χ3n) is 4.51. The van der Waals surface area contributed by atoms with Gasteiger partial charge in [-0.1, -0.05) is 19.1 Å². The molecule has 0 aliphatic carbocycles. The van der Waals surface area contributed by atoms with E-state index in [1.807, 2.05) is 31.2 Å². The van der Waals surface area contributed by atoms with E-state index >= 15 is 0 Å². The Labute approximate surface area is 163 Å². The SMILES string of the molecule is CCCNC(=O)NC(=O)CN1C(=O)N[C@](C)(CCc2ccc(OC)cc2)C1=O. The molecule has 1 heterocycles. The largest absolute Gasteiger partial charge is 0.497 e. The van der Waals surface area contributed by atoms with Crippen LogP contribution in [0.3, 0.4) is 0 Å². The number of carbonyl (C=O) groups is 4. The summed E-state index contributed by atoms with van der Waals surface area (Å²) in [4.78, 5) is 49.2. The van der Waals surface area contributed by atoms with Crippen molar-refractivity contribution in [2.24, 2.45) is 0 Å². The second-order valence-electron chi connectivity index (χ2n) is 6.81. The number of imide groups is 2. The van der Waals surface area contributed by atoms with E-state index in [1.165, 1.54) is 0 Å². The number of methoxy groups -OCH3 is 1. The number of hydrogen-bond acceptors (Lipinski definition) is 5. The summed E-state index contributed by atoms with van der Waals surface area (Å²) in [5.41, 5.74) is -0.116. The normalized spacial score (nSPS) is 18.6. The standard InChI is InChI=1S/C19H26N4O5/c1-4-11-20-17(26)21-15(24)12-23-16(25)19(2,22-18(23)27)10-9-13-5-7-14(28-3)8-6-13/h5-8H,4,9-12H2,1-3H3,(H,22,27)(H2,20,21,24,26)/t19-/m1/s1. The molecule has 2 rings (SSSR count). The van der Waals surface area contributed by atoms with Crippen molar-refractivity contribution in [2.45, 2.75) is 38.6 Å². The minimum absolute atomic E-state index is 0.374. The average Bonchev–Trinajstić information content (AvgIpc) is 2.88. The monoisotopic (exact) mass is 390 g/mol. The first-order chi connectivity index (χ1) is 13.3. The summed E-state index contributed by atoms with van der Waals surface area (Å²) in [6.07, 6.45) is 1.66. The Morgan fingerprint density at radius 2 is 1.89 bits per heavy atom. The van der Waals surface area contributed by atoms with Gasteiger partial charge in [0.2, 0.25) is 5.91 Å². The van der Waals surface area contributed by atoms with Crippen LogP contribution in [0.15, 0.2) is 24.3 Å². The van der Waals surface area contributed by atoms with Crippen LogP contribution in [0.4, 0.5) is 9.59 Å². The second-order valence-corrected chi connectivity index (χ2v) is 6.81. The number of urea groups is 2. The van der Waals surface area contributed by atoms with Gasteiger partial charge >= 0.3 is 12.1 Å². The molecule has 0 radical (unpaired) electrons. The van der Waals surface area contributed by atoms with Crippen LogP contribution in [0.5, 0.6) is 5.75 Å². The molecule has 3 N–H and O–H groups in total. The molecule has 1 aliphatic heterocycles. The molecule has 1 aromatic carbocycles. The Hall–Kier alpha value is -3.10. The minimum atomic E-state index is -1.11. The molecule has 1 fully saturated rings. The maximum Gasteiger partial charge on any atom is 0.325 e. The van der Waals surface area contributed by atoms with Gasteiger partial charge in [-0.15, -0.1) is 0 Å². The number of amides is 6. The van der Waals surface area contributed by atoms with Crippen LogP contribution in [0, 0.1) is 0 Å². The quantitative estimate of drug-likeness (QED) is 0.576. The molecule has 1 saturated heterocycles. The van der Waals surface area contributed by atoms with Crippen molar-refractivity contribution in [2.75, 3.05) is 20.2 Å². The molecule has 6 amide bonds. The Balaban J connectivity index is 1.93. The lowest BCUT2D eigenvalue weighted by atomic mass is 9.93. The van der Waals surface area contributed by atoms with E-state index < -0.39 is 36.0 Å². The van der Waals surface area contributed by atoms with Crippen molar-refractivity contribution in [1.29, 1.82) is 0 Å². The number of hydrogen-bond donors (Lipinski definition) is 3. The van der Waals surface area contributed by atoms with Crippen molar-refractivity contribution in [3.63, 3.8) is 0 Å². The molecule has 1 aromatic rings. The first kappa shape index (κ1) is 21.2. The van der Waals surface area contributed by atoms with Gasteiger partial charge in [0, 0.05) is 6.54 Å². The van der Waals surface area contributed by atoms with Crippen LogP contribution in [-0.2, 0) is 16.0 Å². The molecule has 1 atom stereocenters. The van der Waals surface area contributed by atoms with E-state index in [2.05, 4.69) is 16.0 Å². The smallest absolute Gasteiger partial charge is 0.325 e. The first-order valence-electron chi connectivity index (χ1n) is 9.13. The van der Waals surface area contributed by atoms with Gasteiger partial charge in [0.25, 0.3) is 5.91 Å². The molecular weight excluding hydrogens is 364 g/mol. The molecule has 0 spiro atoms. The number of ether oxygens (including phenoxy) is 1. The van der Waals surface area contributed by atoms with E-state index in [0.717, 1.165) is 22.6 Å². The first-order valence-corrected chi connectivity index (χ1v) is 9.13. The molecule has 28 heavy (non-hydrogen) atoms. The summed E-state index contributed by atoms with van der Waals surface area (Å²) >= 11 is 0. The van der Waals surface area contributed by atoms with Gasteiger partial charge in [-0.2, -0.15) is 0 Å². The van der Waals surface area contributed by atoms with Crippen LogP contribution in [0.25, 0.3) is 0 Å². The molecule has 9 nitrogen and oxygen atoms in total. The Morgan fingerprint density at radius 1 is 1.21 bits per heavy atom. The summed E-state index contributed by atoms with van der Waals surface area (Å²) in [5.74, 6) is -0.480. The maximum atomic E-state index is 12.7. The van der Waals surface area contributed by atoms with Gasteiger partial charge in [0.1, 0.15) is 17.8 Å². The summed E-state index contributed by atoms with van der Waals surface area (Å²) < 4.78 is 5.11. The van der Waals surface area contributed by atoms with Crippen molar-refractivity contribution in [1.82, 2.24) is 20.9 Å². The van der Waals surface area contributed by atoms with Gasteiger partial charge in [-0.05, 0) is 43.9 Å². The van der Waals surface area contributed by atoms with Crippen LogP contribution >= 0.6 is 0 Å². The number of aryl methyl sites for hydroxylation is 1. The highest BCUT2D eigenvalue weighted by Crippen LogP contribution is 2.23. The number of rotatable bonds is 8. The lowest BCUT2D eigenvalue weighted by Crippen LogP contribution is -2.47. The summed E-state index contributed by atoms with van der Waals surface area (Å²) in [6, 6.07) is 6.14. The van der Waals surface area contributed by atoms with E-state index in [0.29, 0.717) is 19.4 Å². The van der Waals surface area contributed by atoms with Crippen molar-refractivity contribution < 1.29 is 23.9 Å². The highest BCUT2D eigenvalue weighted by molar-refractivity contribution is 6.09. The highest BCUT2D eigenvalue weighted by atomic mass is 16.5. The van der Waals surface area contributed by atoms with Crippen LogP contribution in [0.1, 0.15) is 32.3 Å².